The van der Waals surface area contributed by atoms with Gasteiger partial charge < -0.3 is 10.4 Å². The summed E-state index contributed by atoms with van der Waals surface area (Å²) in [6.07, 6.45) is 2.45. The Morgan fingerprint density at radius 1 is 1.73 bits per heavy atom. The number of rotatable bonds is 3. The monoisotopic (exact) mass is 169 g/mol. The molecule has 1 aromatic rings. The second kappa shape index (κ2) is 3.78. The van der Waals surface area contributed by atoms with Crippen LogP contribution in [0.5, 0.6) is 0 Å². The highest BCUT2D eigenvalue weighted by atomic mass is 32.1. The second-order valence-corrected chi connectivity index (χ2v) is 2.74. The van der Waals surface area contributed by atoms with Crippen LogP contribution in [-0.2, 0) is 4.79 Å². The Bertz CT molecular complexity index is 253. The highest BCUT2D eigenvalue weighted by Gasteiger charge is 1.87. The van der Waals surface area contributed by atoms with Crippen LogP contribution in [0.15, 0.2) is 29.8 Å². The number of nitrogens with one attached hydrogen (secondary N) is 1. The Morgan fingerprint density at radius 2 is 2.55 bits per heavy atom. The summed E-state index contributed by atoms with van der Waals surface area (Å²) in [5, 5.41) is 13.9. The van der Waals surface area contributed by atoms with Gasteiger partial charge in [0.25, 0.3) is 0 Å². The molecule has 58 valence electrons. The highest BCUT2D eigenvalue weighted by molar-refractivity contribution is 7.14. The van der Waals surface area contributed by atoms with Crippen LogP contribution in [0, 0.1) is 0 Å². The van der Waals surface area contributed by atoms with Gasteiger partial charge in [-0.1, -0.05) is 0 Å². The number of carboxylic acid groups (broad SMARTS) is 1. The highest BCUT2D eigenvalue weighted by Crippen LogP contribution is 2.14. The average molecular weight is 169 g/mol. The minimum atomic E-state index is -0.950. The summed E-state index contributed by atoms with van der Waals surface area (Å²) < 4.78 is 0. The lowest BCUT2D eigenvalue weighted by Gasteiger charge is -1.90. The molecule has 3 nitrogen and oxygen atoms in total. The molecule has 1 aromatic heterocycles. The zero-order valence-corrected chi connectivity index (χ0v) is 6.47. The summed E-state index contributed by atoms with van der Waals surface area (Å²) in [7, 11) is 0. The van der Waals surface area contributed by atoms with Crippen molar-refractivity contribution in [1.29, 1.82) is 0 Å². The van der Waals surface area contributed by atoms with Gasteiger partial charge in [-0.2, -0.15) is 0 Å². The van der Waals surface area contributed by atoms with E-state index in [1.165, 1.54) is 17.5 Å². The van der Waals surface area contributed by atoms with Gasteiger partial charge in [0.2, 0.25) is 0 Å². The largest absolute Gasteiger partial charge is 0.478 e. The van der Waals surface area contributed by atoms with Gasteiger partial charge >= 0.3 is 5.97 Å². The lowest BCUT2D eigenvalue weighted by Crippen LogP contribution is -1.89. The standard InChI is InChI=1S/C7H7NO2S/c9-7(10)3-4-8-6-2-1-5-11-6/h1-5,8H,(H,9,10). The third-order valence-corrected chi connectivity index (χ3v) is 1.77. The first kappa shape index (κ1) is 7.81. The first-order chi connectivity index (χ1) is 5.29. The van der Waals surface area contributed by atoms with Crippen LogP contribution < -0.4 is 5.32 Å². The molecule has 2 N–H and O–H groups in total. The van der Waals surface area contributed by atoms with Gasteiger partial charge in [-0.15, -0.1) is 11.3 Å². The van der Waals surface area contributed by atoms with Crippen molar-refractivity contribution in [2.75, 3.05) is 5.32 Å². The van der Waals surface area contributed by atoms with Crippen molar-refractivity contribution >= 4 is 22.3 Å². The van der Waals surface area contributed by atoms with E-state index in [4.69, 9.17) is 5.11 Å². The average Bonchev–Trinajstić information content (AvgIpc) is 2.39. The van der Waals surface area contributed by atoms with Gasteiger partial charge in [-0.05, 0) is 17.5 Å². The maximum Gasteiger partial charge on any atom is 0.329 e. The zero-order valence-electron chi connectivity index (χ0n) is 5.65. The minimum absolute atomic E-state index is 0.933. The Kier molecular flexibility index (Phi) is 2.68. The van der Waals surface area contributed by atoms with E-state index < -0.39 is 5.97 Å². The predicted molar refractivity (Wildman–Crippen MR) is 44.7 cm³/mol. The maximum absolute atomic E-state index is 10.0. The van der Waals surface area contributed by atoms with Crippen LogP contribution >= 0.6 is 11.3 Å². The third kappa shape index (κ3) is 2.86. The van der Waals surface area contributed by atoms with Crippen molar-refractivity contribution in [1.82, 2.24) is 0 Å². The molecule has 0 aliphatic heterocycles. The molecule has 0 saturated carbocycles. The molecule has 0 aliphatic carbocycles. The predicted octanol–water partition coefficient (Wildman–Crippen LogP) is 1.76. The number of thiophene rings is 1. The van der Waals surface area contributed by atoms with E-state index >= 15 is 0 Å². The van der Waals surface area contributed by atoms with Crippen molar-refractivity contribution in [2.24, 2.45) is 0 Å². The van der Waals surface area contributed by atoms with Crippen LogP contribution in [0.25, 0.3) is 0 Å². The number of hydrogen-bond donors (Lipinski definition) is 2. The zero-order chi connectivity index (χ0) is 8.10. The SMILES string of the molecule is O=C(O)C=CNc1cccs1. The molecule has 1 rings (SSSR count). The van der Waals surface area contributed by atoms with Crippen LogP contribution in [0.3, 0.4) is 0 Å². The molecule has 0 unspecified atom stereocenters. The summed E-state index contributed by atoms with van der Waals surface area (Å²) >= 11 is 1.52. The summed E-state index contributed by atoms with van der Waals surface area (Å²) in [6.45, 7) is 0. The number of aliphatic carboxylic acids is 1. The number of carbonyl (C=O) groups is 1. The van der Waals surface area contributed by atoms with E-state index in [1.807, 2.05) is 17.5 Å². The molecule has 11 heavy (non-hydrogen) atoms. The van der Waals surface area contributed by atoms with Gasteiger partial charge in [-0.3, -0.25) is 0 Å². The Hall–Kier alpha value is -1.29. The first-order valence-electron chi connectivity index (χ1n) is 2.98. The fourth-order valence-corrected chi connectivity index (χ4v) is 1.15. The lowest BCUT2D eigenvalue weighted by atomic mass is 10.6. The van der Waals surface area contributed by atoms with E-state index in [0.717, 1.165) is 11.1 Å². The Labute approximate surface area is 68.0 Å². The topological polar surface area (TPSA) is 49.3 Å². The molecule has 0 fully saturated rings. The van der Waals surface area contributed by atoms with Crippen molar-refractivity contribution < 1.29 is 9.90 Å². The number of anilines is 1. The molecule has 0 aromatic carbocycles. The van der Waals surface area contributed by atoms with Crippen molar-refractivity contribution in [3.63, 3.8) is 0 Å². The van der Waals surface area contributed by atoms with Gasteiger partial charge in [-0.25, -0.2) is 4.79 Å². The van der Waals surface area contributed by atoms with E-state index in [2.05, 4.69) is 5.32 Å². The maximum atomic E-state index is 10.0. The van der Waals surface area contributed by atoms with Gasteiger partial charge in [0.1, 0.15) is 0 Å². The molecule has 0 amide bonds. The normalized spacial score (nSPS) is 10.2. The number of hydrogen-bond acceptors (Lipinski definition) is 3. The van der Waals surface area contributed by atoms with E-state index in [1.54, 1.807) is 0 Å². The first-order valence-corrected chi connectivity index (χ1v) is 3.86. The quantitative estimate of drug-likeness (QED) is 0.678. The van der Waals surface area contributed by atoms with Crippen molar-refractivity contribution in [3.05, 3.63) is 29.8 Å². The molecule has 4 heteroatoms. The van der Waals surface area contributed by atoms with Crippen LogP contribution in [0.4, 0.5) is 5.00 Å². The molecule has 0 atom stereocenters. The molecule has 1 heterocycles. The molecule has 0 spiro atoms. The number of carboxylic acids is 1. The smallest absolute Gasteiger partial charge is 0.329 e. The lowest BCUT2D eigenvalue weighted by molar-refractivity contribution is -0.131. The van der Waals surface area contributed by atoms with E-state index in [0.29, 0.717) is 0 Å². The minimum Gasteiger partial charge on any atom is -0.478 e. The molecule has 0 saturated heterocycles. The summed E-state index contributed by atoms with van der Waals surface area (Å²) in [5.74, 6) is -0.950. The second-order valence-electron chi connectivity index (χ2n) is 1.79. The van der Waals surface area contributed by atoms with Crippen LogP contribution in [-0.4, -0.2) is 11.1 Å². The molecule has 0 bridgehead atoms. The van der Waals surface area contributed by atoms with Crippen LogP contribution in [0.1, 0.15) is 0 Å². The van der Waals surface area contributed by atoms with Gasteiger partial charge in [0, 0.05) is 12.3 Å². The molecular weight excluding hydrogens is 162 g/mol. The fourth-order valence-electron chi connectivity index (χ4n) is 0.556. The Balaban J connectivity index is 2.40. The van der Waals surface area contributed by atoms with Gasteiger partial charge in [0.15, 0.2) is 0 Å². The van der Waals surface area contributed by atoms with E-state index in [9.17, 15) is 4.79 Å². The van der Waals surface area contributed by atoms with Crippen molar-refractivity contribution in [2.45, 2.75) is 0 Å². The summed E-state index contributed by atoms with van der Waals surface area (Å²) in [6, 6.07) is 3.76. The summed E-state index contributed by atoms with van der Waals surface area (Å²) in [4.78, 5) is 10.0. The molecule has 0 aliphatic rings. The van der Waals surface area contributed by atoms with Gasteiger partial charge in [0.05, 0.1) is 5.00 Å². The van der Waals surface area contributed by atoms with Crippen molar-refractivity contribution in [3.8, 4) is 0 Å². The molecular formula is C7H7NO2S. The third-order valence-electron chi connectivity index (χ3n) is 0.973. The molecule has 0 radical (unpaired) electrons. The fraction of sp³-hybridized carbons (Fsp3) is 0. The van der Waals surface area contributed by atoms with Crippen LogP contribution in [0.2, 0.25) is 0 Å². The summed E-state index contributed by atoms with van der Waals surface area (Å²) in [5.41, 5.74) is 0. The Morgan fingerprint density at radius 3 is 3.09 bits per heavy atom. The van der Waals surface area contributed by atoms with E-state index in [-0.39, 0.29) is 0 Å².